The Labute approximate surface area is 145 Å². The molecule has 3 rings (SSSR count). The number of nitrogens with one attached hydrogen (secondary N) is 1. The Morgan fingerprint density at radius 2 is 1.92 bits per heavy atom. The van der Waals surface area contributed by atoms with Crippen molar-refractivity contribution in [3.63, 3.8) is 0 Å². The Kier molecular flexibility index (Phi) is 4.58. The van der Waals surface area contributed by atoms with Gasteiger partial charge in [0.1, 0.15) is 5.92 Å². The van der Waals surface area contributed by atoms with E-state index in [1.54, 1.807) is 19.1 Å². The number of halogens is 1. The fourth-order valence-electron chi connectivity index (χ4n) is 3.07. The van der Waals surface area contributed by atoms with E-state index in [1.165, 1.54) is 0 Å². The molecule has 1 aliphatic heterocycles. The molecular formula is C19H18ClNO3. The van der Waals surface area contributed by atoms with Crippen molar-refractivity contribution in [1.29, 1.82) is 0 Å². The van der Waals surface area contributed by atoms with Crippen LogP contribution in [0.25, 0.3) is 0 Å². The largest absolute Gasteiger partial charge is 0.465 e. The topological polar surface area (TPSA) is 55.4 Å². The molecule has 1 amide bonds. The number of anilines is 1. The molecule has 24 heavy (non-hydrogen) atoms. The van der Waals surface area contributed by atoms with Gasteiger partial charge < -0.3 is 10.1 Å². The summed E-state index contributed by atoms with van der Waals surface area (Å²) in [5.41, 5.74) is 3.51. The van der Waals surface area contributed by atoms with Crippen LogP contribution in [0.5, 0.6) is 0 Å². The first-order valence-electron chi connectivity index (χ1n) is 7.84. The molecule has 2 aromatic rings. The summed E-state index contributed by atoms with van der Waals surface area (Å²) in [7, 11) is 0. The Bertz CT molecular complexity index is 786. The van der Waals surface area contributed by atoms with Gasteiger partial charge in [-0.3, -0.25) is 9.59 Å². The summed E-state index contributed by atoms with van der Waals surface area (Å²) >= 11 is 6.04. The van der Waals surface area contributed by atoms with Crippen LogP contribution in [0.3, 0.4) is 0 Å². The van der Waals surface area contributed by atoms with E-state index in [1.807, 2.05) is 37.3 Å². The smallest absolute Gasteiger partial charge is 0.319 e. The summed E-state index contributed by atoms with van der Waals surface area (Å²) in [6.07, 6.45) is 0. The number of hydrogen-bond donors (Lipinski definition) is 1. The Hall–Kier alpha value is -2.33. The molecule has 0 spiro atoms. The van der Waals surface area contributed by atoms with Crippen LogP contribution in [0, 0.1) is 12.8 Å². The van der Waals surface area contributed by atoms with E-state index in [0.717, 1.165) is 16.7 Å². The summed E-state index contributed by atoms with van der Waals surface area (Å²) in [6, 6.07) is 13.2. The Morgan fingerprint density at radius 3 is 2.58 bits per heavy atom. The highest BCUT2D eigenvalue weighted by atomic mass is 35.5. The highest BCUT2D eigenvalue weighted by molar-refractivity contribution is 6.31. The molecule has 0 saturated heterocycles. The predicted octanol–water partition coefficient (Wildman–Crippen LogP) is 3.91. The van der Waals surface area contributed by atoms with Crippen LogP contribution >= 0.6 is 11.6 Å². The molecule has 0 bridgehead atoms. The van der Waals surface area contributed by atoms with Gasteiger partial charge in [0.05, 0.1) is 6.61 Å². The average molecular weight is 344 g/mol. The van der Waals surface area contributed by atoms with E-state index in [0.29, 0.717) is 10.7 Å². The molecule has 0 fully saturated rings. The minimum atomic E-state index is -0.915. The van der Waals surface area contributed by atoms with Gasteiger partial charge in [0.25, 0.3) is 0 Å². The van der Waals surface area contributed by atoms with Crippen molar-refractivity contribution in [2.75, 3.05) is 11.9 Å². The second-order valence-electron chi connectivity index (χ2n) is 5.84. The number of carbonyl (C=O) groups excluding carboxylic acids is 2. The monoisotopic (exact) mass is 343 g/mol. The van der Waals surface area contributed by atoms with Crippen molar-refractivity contribution < 1.29 is 14.3 Å². The van der Waals surface area contributed by atoms with E-state index < -0.39 is 17.8 Å². The molecule has 4 nitrogen and oxygen atoms in total. The Balaban J connectivity index is 2.14. The lowest BCUT2D eigenvalue weighted by molar-refractivity contribution is -0.151. The van der Waals surface area contributed by atoms with E-state index in [9.17, 15) is 9.59 Å². The lowest BCUT2D eigenvalue weighted by atomic mass is 9.77. The van der Waals surface area contributed by atoms with Crippen LogP contribution in [0.15, 0.2) is 42.5 Å². The lowest BCUT2D eigenvalue weighted by Crippen LogP contribution is -2.40. The number of aryl methyl sites for hydroxylation is 1. The molecule has 2 unspecified atom stereocenters. The van der Waals surface area contributed by atoms with Crippen LogP contribution in [-0.4, -0.2) is 18.5 Å². The van der Waals surface area contributed by atoms with Gasteiger partial charge in [0.15, 0.2) is 0 Å². The zero-order chi connectivity index (χ0) is 17.3. The van der Waals surface area contributed by atoms with E-state index >= 15 is 0 Å². The van der Waals surface area contributed by atoms with E-state index in [-0.39, 0.29) is 12.5 Å². The maximum atomic E-state index is 12.6. The minimum Gasteiger partial charge on any atom is -0.465 e. The molecule has 2 atom stereocenters. The molecule has 0 aliphatic carbocycles. The molecule has 0 radical (unpaired) electrons. The number of esters is 1. The molecule has 1 N–H and O–H groups in total. The van der Waals surface area contributed by atoms with Gasteiger partial charge in [0.2, 0.25) is 5.91 Å². The number of rotatable bonds is 3. The van der Waals surface area contributed by atoms with Crippen LogP contribution in [0.1, 0.15) is 29.5 Å². The second-order valence-corrected chi connectivity index (χ2v) is 6.28. The molecule has 2 aromatic carbocycles. The third-order valence-corrected chi connectivity index (χ3v) is 4.44. The third kappa shape index (κ3) is 3.02. The third-order valence-electron chi connectivity index (χ3n) is 4.20. The van der Waals surface area contributed by atoms with Crippen LogP contribution in [0.2, 0.25) is 5.02 Å². The molecule has 1 heterocycles. The normalized spacial score (nSPS) is 19.4. The first-order chi connectivity index (χ1) is 11.5. The summed E-state index contributed by atoms with van der Waals surface area (Å²) in [5, 5.41) is 3.31. The van der Waals surface area contributed by atoms with Crippen molar-refractivity contribution in [1.82, 2.24) is 0 Å². The SMILES string of the molecule is CCOC(=O)C1C(=O)Nc2cc(Cl)ccc2C1c1ccc(C)cc1. The summed E-state index contributed by atoms with van der Waals surface area (Å²) in [4.78, 5) is 25.0. The van der Waals surface area contributed by atoms with Crippen LogP contribution in [0.4, 0.5) is 5.69 Å². The van der Waals surface area contributed by atoms with Crippen molar-refractivity contribution in [3.05, 3.63) is 64.2 Å². The Morgan fingerprint density at radius 1 is 1.21 bits per heavy atom. The fourth-order valence-corrected chi connectivity index (χ4v) is 3.24. The first kappa shape index (κ1) is 16.5. The number of ether oxygens (including phenoxy) is 1. The fraction of sp³-hybridized carbons (Fsp3) is 0.263. The quantitative estimate of drug-likeness (QED) is 0.679. The average Bonchev–Trinajstić information content (AvgIpc) is 2.54. The van der Waals surface area contributed by atoms with Gasteiger partial charge in [-0.05, 0) is 37.1 Å². The van der Waals surface area contributed by atoms with Gasteiger partial charge in [0, 0.05) is 16.6 Å². The number of fused-ring (bicyclic) bond motifs is 1. The van der Waals surface area contributed by atoms with Crippen molar-refractivity contribution >= 4 is 29.2 Å². The van der Waals surface area contributed by atoms with Crippen molar-refractivity contribution in [2.45, 2.75) is 19.8 Å². The number of hydrogen-bond acceptors (Lipinski definition) is 3. The number of amides is 1. The first-order valence-corrected chi connectivity index (χ1v) is 8.22. The van der Waals surface area contributed by atoms with Crippen LogP contribution in [-0.2, 0) is 14.3 Å². The van der Waals surface area contributed by atoms with Crippen LogP contribution < -0.4 is 5.32 Å². The van der Waals surface area contributed by atoms with Gasteiger partial charge in [-0.15, -0.1) is 0 Å². The van der Waals surface area contributed by atoms with Gasteiger partial charge >= 0.3 is 5.97 Å². The molecular weight excluding hydrogens is 326 g/mol. The van der Waals surface area contributed by atoms with Gasteiger partial charge in [-0.2, -0.15) is 0 Å². The minimum absolute atomic E-state index is 0.233. The standard InChI is InChI=1S/C19H18ClNO3/c1-3-24-19(23)17-16(12-6-4-11(2)5-7-12)14-9-8-13(20)10-15(14)21-18(17)22/h4-10,16-17H,3H2,1-2H3,(H,21,22). The van der Waals surface area contributed by atoms with Crippen molar-refractivity contribution in [3.8, 4) is 0 Å². The van der Waals surface area contributed by atoms with Gasteiger partial charge in [-0.1, -0.05) is 47.5 Å². The second kappa shape index (κ2) is 6.65. The lowest BCUT2D eigenvalue weighted by Gasteiger charge is -2.32. The predicted molar refractivity (Wildman–Crippen MR) is 93.2 cm³/mol. The van der Waals surface area contributed by atoms with E-state index in [4.69, 9.17) is 16.3 Å². The zero-order valence-corrected chi connectivity index (χ0v) is 14.3. The maximum absolute atomic E-state index is 12.6. The van der Waals surface area contributed by atoms with Gasteiger partial charge in [-0.25, -0.2) is 0 Å². The summed E-state index contributed by atoms with van der Waals surface area (Å²) < 4.78 is 5.14. The molecule has 0 aromatic heterocycles. The van der Waals surface area contributed by atoms with E-state index in [2.05, 4.69) is 5.32 Å². The molecule has 1 aliphatic rings. The molecule has 0 saturated carbocycles. The summed E-state index contributed by atoms with van der Waals surface area (Å²) in [6.45, 7) is 3.96. The zero-order valence-electron chi connectivity index (χ0n) is 13.5. The summed E-state index contributed by atoms with van der Waals surface area (Å²) in [5.74, 6) is -2.19. The highest BCUT2D eigenvalue weighted by Gasteiger charge is 2.42. The number of carbonyl (C=O) groups is 2. The maximum Gasteiger partial charge on any atom is 0.319 e. The number of benzene rings is 2. The van der Waals surface area contributed by atoms with Crippen molar-refractivity contribution in [2.24, 2.45) is 5.92 Å². The molecule has 124 valence electrons. The molecule has 5 heteroatoms. The highest BCUT2D eigenvalue weighted by Crippen LogP contribution is 2.42.